The maximum absolute atomic E-state index is 12.2. The lowest BCUT2D eigenvalue weighted by molar-refractivity contribution is -0.424. The first-order valence-corrected chi connectivity index (χ1v) is 7.14. The Labute approximate surface area is 149 Å². The van der Waals surface area contributed by atoms with E-state index in [1.54, 1.807) is 0 Å². The highest BCUT2D eigenvalue weighted by molar-refractivity contribution is 5.93. The summed E-state index contributed by atoms with van der Waals surface area (Å²) in [5, 5.41) is 38.7. The van der Waals surface area contributed by atoms with Crippen LogP contribution in [0.3, 0.4) is 0 Å². The van der Waals surface area contributed by atoms with Gasteiger partial charge in [0.2, 0.25) is 5.91 Å². The van der Waals surface area contributed by atoms with Crippen molar-refractivity contribution in [2.24, 2.45) is 0 Å². The largest absolute Gasteiger partial charge is 0.496 e. The molecule has 14 heteroatoms. The van der Waals surface area contributed by atoms with Gasteiger partial charge in [-0.1, -0.05) is 0 Å². The van der Waals surface area contributed by atoms with Crippen molar-refractivity contribution in [3.8, 4) is 5.75 Å². The Balaban J connectivity index is 2.29. The van der Waals surface area contributed by atoms with Crippen LogP contribution in [0.1, 0.15) is 5.69 Å². The summed E-state index contributed by atoms with van der Waals surface area (Å²) in [6.45, 7) is 0.574. The molecule has 0 radical (unpaired) electrons. The maximum Gasteiger partial charge on any atom is 0.468 e. The smallest absolute Gasteiger partial charge is 0.468 e. The highest BCUT2D eigenvalue weighted by atomic mass is 16.6. The van der Waals surface area contributed by atoms with Crippen molar-refractivity contribution in [2.45, 2.75) is 13.5 Å². The summed E-state index contributed by atoms with van der Waals surface area (Å²) in [4.78, 5) is 42.4. The minimum Gasteiger partial charge on any atom is -0.496 e. The molecule has 0 fully saturated rings. The molecule has 1 N–H and O–H groups in total. The normalized spacial score (nSPS) is 10.3. The predicted octanol–water partition coefficient (Wildman–Crippen LogP) is 1.56. The number of nitrogens with zero attached hydrogens (tertiary/aromatic N) is 5. The van der Waals surface area contributed by atoms with Crippen molar-refractivity contribution >= 4 is 28.8 Å². The molecule has 1 aromatic carbocycles. The fraction of sp³-hybridized carbons (Fsp3) is 0.231. The predicted molar refractivity (Wildman–Crippen MR) is 88.6 cm³/mol. The molecule has 1 heterocycles. The molecule has 1 amide bonds. The minimum atomic E-state index is -1.03. The number of rotatable bonds is 7. The lowest BCUT2D eigenvalue weighted by Crippen LogP contribution is -2.21. The van der Waals surface area contributed by atoms with E-state index in [4.69, 9.17) is 4.74 Å². The van der Waals surface area contributed by atoms with Crippen molar-refractivity contribution in [2.75, 3.05) is 12.4 Å². The van der Waals surface area contributed by atoms with Gasteiger partial charge in [0, 0.05) is 0 Å². The van der Waals surface area contributed by atoms with Gasteiger partial charge in [-0.05, 0) is 24.0 Å². The van der Waals surface area contributed by atoms with Crippen molar-refractivity contribution in [1.29, 1.82) is 0 Å². The number of benzene rings is 1. The number of ether oxygens (including phenoxy) is 1. The second-order valence-electron chi connectivity index (χ2n) is 5.12. The molecule has 0 saturated carbocycles. The number of hydrogen-bond acceptors (Lipinski definition) is 9. The first-order valence-electron chi connectivity index (χ1n) is 7.14. The molecule has 0 aliphatic heterocycles. The molecular weight excluding hydrogens is 368 g/mol. The van der Waals surface area contributed by atoms with E-state index in [1.807, 2.05) is 0 Å². The number of hydrogen-bond donors (Lipinski definition) is 1. The molecule has 0 aliphatic carbocycles. The van der Waals surface area contributed by atoms with Crippen LogP contribution in [-0.2, 0) is 11.3 Å². The third-order valence-corrected chi connectivity index (χ3v) is 3.48. The van der Waals surface area contributed by atoms with Crippen LogP contribution in [0.15, 0.2) is 18.2 Å². The number of nitro benzene ring substituents is 1. The van der Waals surface area contributed by atoms with Gasteiger partial charge < -0.3 is 20.2 Å². The van der Waals surface area contributed by atoms with Gasteiger partial charge in [0.1, 0.15) is 23.7 Å². The minimum absolute atomic E-state index is 0.139. The van der Waals surface area contributed by atoms with Crippen LogP contribution in [0.25, 0.3) is 0 Å². The standard InChI is InChI=1S/C13H12N6O8/c1-7-12(18(23)24)13(19(25)26)15-16(7)6-11(20)14-9-4-3-8(27-2)5-10(9)17(21)22/h3-5H,6H2,1-2H3,(H,14,20). The van der Waals surface area contributed by atoms with E-state index in [-0.39, 0.29) is 17.1 Å². The van der Waals surface area contributed by atoms with Gasteiger partial charge in [0.05, 0.1) is 28.1 Å². The molecule has 142 valence electrons. The Bertz CT molecular complexity index is 953. The Morgan fingerprint density at radius 3 is 2.33 bits per heavy atom. The van der Waals surface area contributed by atoms with Crippen LogP contribution < -0.4 is 10.1 Å². The summed E-state index contributed by atoms with van der Waals surface area (Å²) in [5.74, 6) is -1.62. The van der Waals surface area contributed by atoms with Crippen LogP contribution in [0, 0.1) is 37.3 Å². The number of methoxy groups -OCH3 is 1. The van der Waals surface area contributed by atoms with Crippen LogP contribution in [0.4, 0.5) is 22.9 Å². The Morgan fingerprint density at radius 2 is 1.85 bits per heavy atom. The van der Waals surface area contributed by atoms with Crippen molar-refractivity contribution in [3.05, 3.63) is 54.2 Å². The van der Waals surface area contributed by atoms with Gasteiger partial charge >= 0.3 is 11.5 Å². The Morgan fingerprint density at radius 1 is 1.19 bits per heavy atom. The van der Waals surface area contributed by atoms with Crippen molar-refractivity contribution in [3.63, 3.8) is 0 Å². The Kier molecular flexibility index (Phi) is 5.29. The van der Waals surface area contributed by atoms with E-state index in [0.717, 1.165) is 10.7 Å². The van der Waals surface area contributed by atoms with E-state index in [9.17, 15) is 35.1 Å². The average Bonchev–Trinajstić information content (AvgIpc) is 2.92. The van der Waals surface area contributed by atoms with Gasteiger partial charge in [0.15, 0.2) is 0 Å². The van der Waals surface area contributed by atoms with Crippen LogP contribution >= 0.6 is 0 Å². The van der Waals surface area contributed by atoms with Crippen molar-refractivity contribution < 1.29 is 24.3 Å². The lowest BCUT2D eigenvalue weighted by atomic mass is 10.2. The maximum atomic E-state index is 12.2. The first kappa shape index (κ1) is 19.2. The fourth-order valence-corrected chi connectivity index (χ4v) is 2.23. The molecular formula is C13H12N6O8. The first-order chi connectivity index (χ1) is 12.6. The van der Waals surface area contributed by atoms with Gasteiger partial charge in [-0.15, -0.1) is 0 Å². The number of anilines is 1. The van der Waals surface area contributed by atoms with E-state index in [2.05, 4.69) is 10.4 Å². The quantitative estimate of drug-likeness (QED) is 0.549. The van der Waals surface area contributed by atoms with Gasteiger partial charge in [0.25, 0.3) is 5.69 Å². The zero-order chi connectivity index (χ0) is 20.3. The number of carbonyl (C=O) groups is 1. The van der Waals surface area contributed by atoms with E-state index >= 15 is 0 Å². The molecule has 0 saturated heterocycles. The molecule has 0 bridgehead atoms. The molecule has 0 atom stereocenters. The van der Waals surface area contributed by atoms with Crippen LogP contribution in [-0.4, -0.2) is 37.6 Å². The molecule has 2 aromatic rings. The fourth-order valence-electron chi connectivity index (χ4n) is 2.23. The average molecular weight is 380 g/mol. The van der Waals surface area contributed by atoms with Gasteiger partial charge in [-0.3, -0.25) is 25.0 Å². The van der Waals surface area contributed by atoms with E-state index in [1.165, 1.54) is 26.2 Å². The number of nitro groups is 3. The molecule has 0 spiro atoms. The number of nitrogens with one attached hydrogen (secondary N) is 1. The van der Waals surface area contributed by atoms with Gasteiger partial charge in [-0.2, -0.15) is 4.68 Å². The Hall–Kier alpha value is -4.10. The SMILES string of the molecule is COc1ccc(NC(=O)Cn2nc([N+](=O)[O-])c([N+](=O)[O-])c2C)c([N+](=O)[O-])c1. The summed E-state index contributed by atoms with van der Waals surface area (Å²) >= 11 is 0. The third-order valence-electron chi connectivity index (χ3n) is 3.48. The highest BCUT2D eigenvalue weighted by Crippen LogP contribution is 2.30. The number of amides is 1. The van der Waals surface area contributed by atoms with E-state index in [0.29, 0.717) is 0 Å². The number of carbonyl (C=O) groups excluding carboxylic acids is 1. The molecule has 27 heavy (non-hydrogen) atoms. The highest BCUT2D eigenvalue weighted by Gasteiger charge is 2.35. The topological polar surface area (TPSA) is 186 Å². The summed E-state index contributed by atoms with van der Waals surface area (Å²) in [6, 6.07) is 3.73. The summed E-state index contributed by atoms with van der Waals surface area (Å²) in [7, 11) is 1.32. The zero-order valence-electron chi connectivity index (χ0n) is 13.9. The van der Waals surface area contributed by atoms with Gasteiger partial charge in [-0.25, -0.2) is 0 Å². The lowest BCUT2D eigenvalue weighted by Gasteiger charge is -2.07. The molecule has 14 nitrogen and oxygen atoms in total. The zero-order valence-corrected chi connectivity index (χ0v) is 13.9. The summed E-state index contributed by atoms with van der Waals surface area (Å²) in [5.41, 5.74) is -1.61. The second kappa shape index (κ2) is 7.42. The summed E-state index contributed by atoms with van der Waals surface area (Å²) in [6.07, 6.45) is 0. The molecule has 0 aliphatic rings. The summed E-state index contributed by atoms with van der Waals surface area (Å²) < 4.78 is 5.66. The van der Waals surface area contributed by atoms with Crippen molar-refractivity contribution in [1.82, 2.24) is 9.78 Å². The van der Waals surface area contributed by atoms with Crippen LogP contribution in [0.2, 0.25) is 0 Å². The van der Waals surface area contributed by atoms with Crippen LogP contribution in [0.5, 0.6) is 5.75 Å². The number of aromatic nitrogens is 2. The second-order valence-corrected chi connectivity index (χ2v) is 5.12. The monoisotopic (exact) mass is 380 g/mol. The molecule has 0 unspecified atom stereocenters. The third kappa shape index (κ3) is 3.94. The molecule has 2 rings (SSSR count). The van der Waals surface area contributed by atoms with E-state index < -0.39 is 44.4 Å². The molecule has 1 aromatic heterocycles.